The Morgan fingerprint density at radius 1 is 1.05 bits per heavy atom. The summed E-state index contributed by atoms with van der Waals surface area (Å²) >= 11 is 0. The summed E-state index contributed by atoms with van der Waals surface area (Å²) in [6, 6.07) is 0. The monoisotopic (exact) mass is 290 g/mol. The van der Waals surface area contributed by atoms with Crippen molar-refractivity contribution in [1.29, 1.82) is 0 Å². The first kappa shape index (κ1) is 17.5. The van der Waals surface area contributed by atoms with E-state index in [1.54, 1.807) is 0 Å². The van der Waals surface area contributed by atoms with Crippen LogP contribution in [-0.2, 0) is 19.1 Å². The van der Waals surface area contributed by atoms with Crippen molar-refractivity contribution in [3.05, 3.63) is 0 Å². The van der Waals surface area contributed by atoms with E-state index in [0.29, 0.717) is 12.8 Å². The van der Waals surface area contributed by atoms with Crippen LogP contribution in [0.25, 0.3) is 0 Å². The topological polar surface area (TPSA) is 163 Å². The molecule has 0 heterocycles. The Bertz CT molecular complexity index is 373. The summed E-state index contributed by atoms with van der Waals surface area (Å²) in [6.45, 7) is 1.29. The van der Waals surface area contributed by atoms with Crippen molar-refractivity contribution in [3.63, 3.8) is 0 Å². The minimum Gasteiger partial charge on any atom is -0.450 e. The van der Waals surface area contributed by atoms with Crippen molar-refractivity contribution in [3.8, 4) is 0 Å². The molecule has 0 saturated carbocycles. The Kier molecular flexibility index (Phi) is 8.23. The van der Waals surface area contributed by atoms with E-state index >= 15 is 0 Å². The molecule has 1 unspecified atom stereocenters. The van der Waals surface area contributed by atoms with Crippen LogP contribution in [0.1, 0.15) is 26.2 Å². The molecule has 1 atom stereocenters. The molecule has 4 amide bonds. The van der Waals surface area contributed by atoms with Crippen LogP contribution < -0.4 is 22.3 Å². The van der Waals surface area contributed by atoms with Gasteiger partial charge in [0.05, 0.1) is 6.61 Å². The molecule has 0 spiro atoms. The zero-order valence-electron chi connectivity index (χ0n) is 11.0. The molecule has 0 aromatic heterocycles. The van der Waals surface area contributed by atoms with Gasteiger partial charge in [-0.3, -0.25) is 20.4 Å². The fourth-order valence-corrected chi connectivity index (χ4v) is 1.22. The maximum Gasteiger partial charge on any atom is 0.405 e. The lowest BCUT2D eigenvalue weighted by Crippen LogP contribution is -2.47. The lowest BCUT2D eigenvalue weighted by molar-refractivity contribution is -0.134. The van der Waals surface area contributed by atoms with E-state index in [-0.39, 0.29) is 13.0 Å². The molecule has 0 aliphatic rings. The molecule has 20 heavy (non-hydrogen) atoms. The van der Waals surface area contributed by atoms with Gasteiger partial charge in [0.25, 0.3) is 5.91 Å². The van der Waals surface area contributed by atoms with Gasteiger partial charge in [-0.25, -0.2) is 9.59 Å². The fourth-order valence-electron chi connectivity index (χ4n) is 1.22. The summed E-state index contributed by atoms with van der Waals surface area (Å²) < 4.78 is 9.11. The average Bonchev–Trinajstić information content (AvgIpc) is 2.33. The molecule has 0 aromatic rings. The van der Waals surface area contributed by atoms with Gasteiger partial charge in [0.2, 0.25) is 5.91 Å². The second kappa shape index (κ2) is 9.42. The predicted octanol–water partition coefficient (Wildman–Crippen LogP) is -1.12. The molecule has 114 valence electrons. The number of unbranched alkanes of at least 4 members (excludes halogenated alkanes) is 1. The standard InChI is InChI=1S/C10H18N4O6/c1-6(15)13-14-8(16)7(20-10(12)18)4-2-3-5-19-9(11)17/h7H,2-5H2,1H3,(H2,11,17)(H2,12,18)(H,13,15)(H,14,16). The highest BCUT2D eigenvalue weighted by molar-refractivity contribution is 5.85. The number of carbonyl (C=O) groups is 4. The minimum atomic E-state index is -1.15. The van der Waals surface area contributed by atoms with Crippen LogP contribution in [0.4, 0.5) is 9.59 Å². The molecule has 0 saturated heterocycles. The first-order valence-corrected chi connectivity index (χ1v) is 5.77. The number of hydrazine groups is 1. The quantitative estimate of drug-likeness (QED) is 0.343. The number of nitrogens with two attached hydrogens (primary N) is 2. The van der Waals surface area contributed by atoms with Gasteiger partial charge in [-0.2, -0.15) is 0 Å². The number of hydrogen-bond acceptors (Lipinski definition) is 6. The molecule has 0 aromatic carbocycles. The summed E-state index contributed by atoms with van der Waals surface area (Å²) in [6.07, 6.45) is -2.16. The maximum absolute atomic E-state index is 11.6. The Hall–Kier alpha value is -2.52. The van der Waals surface area contributed by atoms with Crippen LogP contribution in [0, 0.1) is 0 Å². The van der Waals surface area contributed by atoms with Crippen molar-refractivity contribution in [2.75, 3.05) is 6.61 Å². The fraction of sp³-hybridized carbons (Fsp3) is 0.600. The molecule has 0 bridgehead atoms. The van der Waals surface area contributed by atoms with Crippen LogP contribution in [-0.4, -0.2) is 36.7 Å². The Labute approximate surface area is 115 Å². The van der Waals surface area contributed by atoms with Crippen LogP contribution in [0.5, 0.6) is 0 Å². The summed E-state index contributed by atoms with van der Waals surface area (Å²) in [5, 5.41) is 0. The predicted molar refractivity (Wildman–Crippen MR) is 65.8 cm³/mol. The number of rotatable bonds is 7. The molecule has 0 radical (unpaired) electrons. The van der Waals surface area contributed by atoms with Gasteiger partial charge < -0.3 is 20.9 Å². The summed E-state index contributed by atoms with van der Waals surface area (Å²) in [4.78, 5) is 43.2. The number of nitrogens with one attached hydrogen (secondary N) is 2. The number of hydrogen-bond donors (Lipinski definition) is 4. The van der Waals surface area contributed by atoms with Crippen LogP contribution >= 0.6 is 0 Å². The highest BCUT2D eigenvalue weighted by Crippen LogP contribution is 2.06. The third kappa shape index (κ3) is 9.50. The van der Waals surface area contributed by atoms with Crippen LogP contribution in [0.15, 0.2) is 0 Å². The van der Waals surface area contributed by atoms with Gasteiger partial charge in [-0.1, -0.05) is 0 Å². The van der Waals surface area contributed by atoms with Crippen LogP contribution in [0.3, 0.4) is 0 Å². The Morgan fingerprint density at radius 2 is 1.70 bits per heavy atom. The largest absolute Gasteiger partial charge is 0.450 e. The number of carbonyl (C=O) groups excluding carboxylic acids is 4. The van der Waals surface area contributed by atoms with Gasteiger partial charge >= 0.3 is 12.2 Å². The highest BCUT2D eigenvalue weighted by atomic mass is 16.6. The van der Waals surface area contributed by atoms with Gasteiger partial charge in [-0.15, -0.1) is 0 Å². The van der Waals surface area contributed by atoms with Crippen molar-refractivity contribution in [2.45, 2.75) is 32.3 Å². The normalized spacial score (nSPS) is 11.1. The molecule has 0 aliphatic carbocycles. The molecule has 0 aliphatic heterocycles. The van der Waals surface area contributed by atoms with Gasteiger partial charge in [0, 0.05) is 6.92 Å². The lowest BCUT2D eigenvalue weighted by Gasteiger charge is -2.16. The third-order valence-electron chi connectivity index (χ3n) is 2.02. The number of amides is 4. The first-order chi connectivity index (χ1) is 9.32. The molecular weight excluding hydrogens is 272 g/mol. The average molecular weight is 290 g/mol. The van der Waals surface area contributed by atoms with E-state index < -0.39 is 30.1 Å². The molecule has 10 nitrogen and oxygen atoms in total. The molecule has 6 N–H and O–H groups in total. The van der Waals surface area contributed by atoms with Crippen molar-refractivity contribution >= 4 is 24.0 Å². The second-order valence-electron chi connectivity index (χ2n) is 3.76. The minimum absolute atomic E-state index is 0.0892. The summed E-state index contributed by atoms with van der Waals surface area (Å²) in [7, 11) is 0. The molecule has 0 rings (SSSR count). The van der Waals surface area contributed by atoms with Crippen molar-refractivity contribution < 1.29 is 28.7 Å². The van der Waals surface area contributed by atoms with E-state index in [4.69, 9.17) is 11.5 Å². The summed E-state index contributed by atoms with van der Waals surface area (Å²) in [5.74, 6) is -1.19. The smallest absolute Gasteiger partial charge is 0.405 e. The lowest BCUT2D eigenvalue weighted by atomic mass is 10.1. The third-order valence-corrected chi connectivity index (χ3v) is 2.02. The Morgan fingerprint density at radius 3 is 2.20 bits per heavy atom. The van der Waals surface area contributed by atoms with Gasteiger partial charge in [-0.05, 0) is 19.3 Å². The zero-order chi connectivity index (χ0) is 15.5. The van der Waals surface area contributed by atoms with Crippen molar-refractivity contribution in [1.82, 2.24) is 10.9 Å². The van der Waals surface area contributed by atoms with Gasteiger partial charge in [0.15, 0.2) is 6.10 Å². The van der Waals surface area contributed by atoms with E-state index in [2.05, 4.69) is 20.3 Å². The van der Waals surface area contributed by atoms with E-state index in [0.717, 1.165) is 0 Å². The van der Waals surface area contributed by atoms with Crippen LogP contribution in [0.2, 0.25) is 0 Å². The van der Waals surface area contributed by atoms with E-state index in [1.165, 1.54) is 6.92 Å². The molecular formula is C10H18N4O6. The first-order valence-electron chi connectivity index (χ1n) is 5.77. The highest BCUT2D eigenvalue weighted by Gasteiger charge is 2.21. The van der Waals surface area contributed by atoms with E-state index in [1.807, 2.05) is 0 Å². The van der Waals surface area contributed by atoms with Gasteiger partial charge in [0.1, 0.15) is 0 Å². The SMILES string of the molecule is CC(=O)NNC(=O)C(CCCCOC(N)=O)OC(N)=O. The molecule has 0 fully saturated rings. The Balaban J connectivity index is 4.13. The maximum atomic E-state index is 11.6. The summed E-state index contributed by atoms with van der Waals surface area (Å²) in [5.41, 5.74) is 13.7. The number of ether oxygens (including phenoxy) is 2. The number of primary amides is 2. The second-order valence-corrected chi connectivity index (χ2v) is 3.76. The zero-order valence-corrected chi connectivity index (χ0v) is 11.0. The molecule has 10 heteroatoms. The van der Waals surface area contributed by atoms with E-state index in [9.17, 15) is 19.2 Å². The van der Waals surface area contributed by atoms with Crippen molar-refractivity contribution in [2.24, 2.45) is 11.5 Å².